The van der Waals surface area contributed by atoms with Crippen LogP contribution < -0.4 is 10.3 Å². The van der Waals surface area contributed by atoms with Gasteiger partial charge in [0.2, 0.25) is 11.8 Å². The molecular formula is C14H21N3O4. The molecule has 0 saturated carbocycles. The summed E-state index contributed by atoms with van der Waals surface area (Å²) in [6.07, 6.45) is 1.51. The maximum Gasteiger partial charge on any atom is 0.293 e. The summed E-state index contributed by atoms with van der Waals surface area (Å²) >= 11 is 0. The molecule has 0 aliphatic heterocycles. The Kier molecular flexibility index (Phi) is 5.52. The molecule has 1 unspecified atom stereocenters. The number of likely N-dealkylation sites (N-methyl/N-ethyl adjacent to an activating group) is 2. The largest absolute Gasteiger partial charge is 0.491 e. The van der Waals surface area contributed by atoms with Crippen molar-refractivity contribution >= 4 is 11.8 Å². The SMILES string of the molecule is COc1cccn(CC(=O)N(C)C(C)C(=O)N(C)C)c1=O. The van der Waals surface area contributed by atoms with Gasteiger partial charge in [-0.25, -0.2) is 0 Å². The molecule has 0 aliphatic carbocycles. The zero-order chi connectivity index (χ0) is 16.2. The molecule has 7 nitrogen and oxygen atoms in total. The number of aromatic nitrogens is 1. The van der Waals surface area contributed by atoms with Crippen molar-refractivity contribution in [1.29, 1.82) is 0 Å². The molecule has 0 saturated heterocycles. The fraction of sp³-hybridized carbons (Fsp3) is 0.500. The molecule has 7 heteroatoms. The lowest BCUT2D eigenvalue weighted by atomic mass is 10.2. The second-order valence-electron chi connectivity index (χ2n) is 4.92. The molecule has 1 atom stereocenters. The third kappa shape index (κ3) is 3.84. The number of ether oxygens (including phenoxy) is 1. The molecule has 2 amide bonds. The van der Waals surface area contributed by atoms with Crippen molar-refractivity contribution in [2.75, 3.05) is 28.3 Å². The van der Waals surface area contributed by atoms with Gasteiger partial charge in [0.25, 0.3) is 5.56 Å². The number of carbonyl (C=O) groups excluding carboxylic acids is 2. The zero-order valence-corrected chi connectivity index (χ0v) is 13.0. The molecule has 0 spiro atoms. The summed E-state index contributed by atoms with van der Waals surface area (Å²) in [6, 6.07) is 2.57. The van der Waals surface area contributed by atoms with Gasteiger partial charge in [0, 0.05) is 27.3 Å². The van der Waals surface area contributed by atoms with Crippen molar-refractivity contribution in [3.8, 4) is 5.75 Å². The topological polar surface area (TPSA) is 71.8 Å². The lowest BCUT2D eigenvalue weighted by Gasteiger charge is -2.26. The number of methoxy groups -OCH3 is 1. The van der Waals surface area contributed by atoms with Gasteiger partial charge in [-0.3, -0.25) is 14.4 Å². The highest BCUT2D eigenvalue weighted by Gasteiger charge is 2.24. The van der Waals surface area contributed by atoms with Crippen LogP contribution >= 0.6 is 0 Å². The Labute approximate surface area is 123 Å². The van der Waals surface area contributed by atoms with E-state index in [9.17, 15) is 14.4 Å². The molecule has 0 aromatic carbocycles. The molecule has 0 aliphatic rings. The van der Waals surface area contributed by atoms with Crippen LogP contribution in [0.2, 0.25) is 0 Å². The minimum absolute atomic E-state index is 0.141. The van der Waals surface area contributed by atoms with Crippen LogP contribution in [0, 0.1) is 0 Å². The Hall–Kier alpha value is -2.31. The molecule has 0 bridgehead atoms. The number of pyridine rings is 1. The van der Waals surface area contributed by atoms with Crippen molar-refractivity contribution < 1.29 is 14.3 Å². The molecule has 0 fully saturated rings. The van der Waals surface area contributed by atoms with E-state index in [1.807, 2.05) is 0 Å². The summed E-state index contributed by atoms with van der Waals surface area (Å²) in [4.78, 5) is 38.8. The third-order valence-electron chi connectivity index (χ3n) is 3.28. The van der Waals surface area contributed by atoms with E-state index in [4.69, 9.17) is 4.74 Å². The van der Waals surface area contributed by atoms with Crippen LogP contribution in [0.1, 0.15) is 6.92 Å². The van der Waals surface area contributed by atoms with Crippen molar-refractivity contribution in [2.24, 2.45) is 0 Å². The Morgan fingerprint density at radius 3 is 2.48 bits per heavy atom. The number of hydrogen-bond donors (Lipinski definition) is 0. The van der Waals surface area contributed by atoms with Gasteiger partial charge < -0.3 is 19.1 Å². The number of rotatable bonds is 5. The van der Waals surface area contributed by atoms with E-state index in [-0.39, 0.29) is 29.7 Å². The van der Waals surface area contributed by atoms with Crippen molar-refractivity contribution in [2.45, 2.75) is 19.5 Å². The van der Waals surface area contributed by atoms with E-state index in [2.05, 4.69) is 0 Å². The van der Waals surface area contributed by atoms with Crippen molar-refractivity contribution in [3.63, 3.8) is 0 Å². The minimum Gasteiger partial charge on any atom is -0.491 e. The maximum atomic E-state index is 12.2. The standard InChI is InChI=1S/C14H21N3O4/c1-10(13(19)15(2)3)16(4)12(18)9-17-8-6-7-11(21-5)14(17)20/h6-8,10H,9H2,1-5H3. The predicted molar refractivity (Wildman–Crippen MR) is 78.2 cm³/mol. The summed E-state index contributed by atoms with van der Waals surface area (Å²) in [5, 5.41) is 0. The normalized spacial score (nSPS) is 11.7. The van der Waals surface area contributed by atoms with E-state index in [0.717, 1.165) is 0 Å². The van der Waals surface area contributed by atoms with E-state index < -0.39 is 6.04 Å². The fourth-order valence-electron chi connectivity index (χ4n) is 1.81. The van der Waals surface area contributed by atoms with Gasteiger partial charge in [0.1, 0.15) is 12.6 Å². The highest BCUT2D eigenvalue weighted by atomic mass is 16.5. The summed E-state index contributed by atoms with van der Waals surface area (Å²) in [6.45, 7) is 1.51. The molecule has 1 heterocycles. The molecule has 21 heavy (non-hydrogen) atoms. The first kappa shape index (κ1) is 16.7. The van der Waals surface area contributed by atoms with Gasteiger partial charge in [0.15, 0.2) is 5.75 Å². The van der Waals surface area contributed by atoms with Gasteiger partial charge in [0.05, 0.1) is 7.11 Å². The first-order valence-corrected chi connectivity index (χ1v) is 6.49. The smallest absolute Gasteiger partial charge is 0.293 e. The summed E-state index contributed by atoms with van der Waals surface area (Å²) in [5.74, 6) is -0.331. The highest BCUT2D eigenvalue weighted by Crippen LogP contribution is 2.03. The van der Waals surface area contributed by atoms with Gasteiger partial charge in [-0.2, -0.15) is 0 Å². The van der Waals surface area contributed by atoms with Gasteiger partial charge in [-0.15, -0.1) is 0 Å². The lowest BCUT2D eigenvalue weighted by molar-refractivity contribution is -0.142. The monoisotopic (exact) mass is 295 g/mol. The molecule has 1 aromatic rings. The second kappa shape index (κ2) is 6.92. The van der Waals surface area contributed by atoms with E-state index in [1.165, 1.54) is 33.7 Å². The Morgan fingerprint density at radius 2 is 1.95 bits per heavy atom. The van der Waals surface area contributed by atoms with Gasteiger partial charge in [-0.1, -0.05) is 0 Å². The van der Waals surface area contributed by atoms with E-state index in [0.29, 0.717) is 0 Å². The molecule has 0 radical (unpaired) electrons. The Bertz CT molecular complexity index is 580. The van der Waals surface area contributed by atoms with Gasteiger partial charge >= 0.3 is 0 Å². The first-order valence-electron chi connectivity index (χ1n) is 6.49. The molecule has 116 valence electrons. The van der Waals surface area contributed by atoms with Crippen LogP contribution in [-0.4, -0.2) is 60.5 Å². The average molecular weight is 295 g/mol. The van der Waals surface area contributed by atoms with Crippen LogP contribution in [-0.2, 0) is 16.1 Å². The van der Waals surface area contributed by atoms with Crippen LogP contribution in [0.5, 0.6) is 5.75 Å². The van der Waals surface area contributed by atoms with Gasteiger partial charge in [-0.05, 0) is 19.1 Å². The van der Waals surface area contributed by atoms with E-state index >= 15 is 0 Å². The van der Waals surface area contributed by atoms with Crippen molar-refractivity contribution in [1.82, 2.24) is 14.4 Å². The number of amides is 2. The molecule has 0 N–H and O–H groups in total. The fourth-order valence-corrected chi connectivity index (χ4v) is 1.81. The highest BCUT2D eigenvalue weighted by molar-refractivity contribution is 5.86. The lowest BCUT2D eigenvalue weighted by Crippen LogP contribution is -2.47. The first-order chi connectivity index (χ1) is 9.79. The summed E-state index contributed by atoms with van der Waals surface area (Å²) < 4.78 is 6.18. The summed E-state index contributed by atoms with van der Waals surface area (Å²) in [7, 11) is 6.19. The Morgan fingerprint density at radius 1 is 1.33 bits per heavy atom. The zero-order valence-electron chi connectivity index (χ0n) is 13.0. The predicted octanol–water partition coefficient (Wildman–Crippen LogP) is -0.208. The van der Waals surface area contributed by atoms with E-state index in [1.54, 1.807) is 34.1 Å². The van der Waals surface area contributed by atoms with Crippen molar-refractivity contribution in [3.05, 3.63) is 28.7 Å². The minimum atomic E-state index is -0.589. The third-order valence-corrected chi connectivity index (χ3v) is 3.28. The van der Waals surface area contributed by atoms with Crippen LogP contribution in [0.4, 0.5) is 0 Å². The average Bonchev–Trinajstić information content (AvgIpc) is 2.46. The number of nitrogens with zero attached hydrogens (tertiary/aromatic N) is 3. The van der Waals surface area contributed by atoms with Crippen LogP contribution in [0.25, 0.3) is 0 Å². The van der Waals surface area contributed by atoms with Crippen LogP contribution in [0.15, 0.2) is 23.1 Å². The van der Waals surface area contributed by atoms with Crippen LogP contribution in [0.3, 0.4) is 0 Å². The maximum absolute atomic E-state index is 12.2. The second-order valence-corrected chi connectivity index (χ2v) is 4.92. The number of carbonyl (C=O) groups is 2. The molecule has 1 aromatic heterocycles. The molecular weight excluding hydrogens is 274 g/mol. The Balaban J connectivity index is 2.87. The number of hydrogen-bond acceptors (Lipinski definition) is 4. The summed E-state index contributed by atoms with van der Waals surface area (Å²) in [5.41, 5.74) is -0.381. The molecule has 1 rings (SSSR count). The quantitative estimate of drug-likeness (QED) is 0.753.